The lowest BCUT2D eigenvalue weighted by molar-refractivity contribution is -0.328. The van der Waals surface area contributed by atoms with Gasteiger partial charge >= 0.3 is 0 Å². The predicted molar refractivity (Wildman–Crippen MR) is 46.1 cm³/mol. The van der Waals surface area contributed by atoms with Gasteiger partial charge in [0.05, 0.1) is 12.6 Å². The first kappa shape index (κ1) is 14.3. The fraction of sp³-hybridized carbons (Fsp3) is 0.857. The third-order valence-corrected chi connectivity index (χ3v) is 2.68. The summed E-state index contributed by atoms with van der Waals surface area (Å²) < 4.78 is 44.4. The van der Waals surface area contributed by atoms with Gasteiger partial charge in [-0.1, -0.05) is 0 Å². The van der Waals surface area contributed by atoms with Gasteiger partial charge in [-0.3, -0.25) is 4.18 Å². The maximum absolute atomic E-state index is 10.6. The van der Waals surface area contributed by atoms with Crippen molar-refractivity contribution < 1.29 is 41.6 Å². The van der Waals surface area contributed by atoms with Crippen LogP contribution in [0.15, 0.2) is 0 Å². The van der Waals surface area contributed by atoms with Crippen LogP contribution in [-0.4, -0.2) is 62.2 Å². The Hall–Kier alpha value is -0.780. The predicted octanol–water partition coefficient (Wildman–Crippen LogP) is -3.64. The van der Waals surface area contributed by atoms with E-state index in [9.17, 15) is 28.0 Å². The van der Waals surface area contributed by atoms with E-state index in [-0.39, 0.29) is 0 Å². The summed E-state index contributed by atoms with van der Waals surface area (Å²) >= 11 is 0. The molecule has 0 saturated carbocycles. The maximum atomic E-state index is 10.6. The summed E-state index contributed by atoms with van der Waals surface area (Å²) in [5, 5.41) is 20.2. The zero-order valence-electron chi connectivity index (χ0n) is 8.64. The quantitative estimate of drug-likeness (QED) is 0.403. The van der Waals surface area contributed by atoms with Crippen molar-refractivity contribution >= 4 is 16.4 Å². The average molecular weight is 270 g/mol. The molecule has 0 aromatic rings. The molecule has 0 amide bonds. The number of hydrogen-bond donors (Lipinski definition) is 1. The van der Waals surface area contributed by atoms with Crippen molar-refractivity contribution in [3.8, 4) is 0 Å². The van der Waals surface area contributed by atoms with Crippen LogP contribution in [0.3, 0.4) is 0 Å². The summed E-state index contributed by atoms with van der Waals surface area (Å²) in [6.45, 7) is -0.582. The molecule has 9 nitrogen and oxygen atoms in total. The third-order valence-electron chi connectivity index (χ3n) is 2.20. The largest absolute Gasteiger partial charge is 0.726 e. The van der Waals surface area contributed by atoms with E-state index in [1.807, 2.05) is 0 Å². The molecular weight excluding hydrogens is 260 g/mol. The topological polar surface area (TPSA) is 145 Å². The minimum Gasteiger partial charge on any atom is -0.726 e. The van der Waals surface area contributed by atoms with E-state index in [0.29, 0.717) is 0 Å². The summed E-state index contributed by atoms with van der Waals surface area (Å²) in [6.07, 6.45) is -6.11. The Morgan fingerprint density at radius 1 is 1.53 bits per heavy atom. The van der Waals surface area contributed by atoms with Crippen molar-refractivity contribution in [3.05, 3.63) is 0 Å². The van der Waals surface area contributed by atoms with Crippen molar-refractivity contribution in [2.24, 2.45) is 0 Å². The first-order valence-electron chi connectivity index (χ1n) is 4.43. The van der Waals surface area contributed by atoms with Gasteiger partial charge in [-0.25, -0.2) is 8.42 Å². The van der Waals surface area contributed by atoms with Crippen molar-refractivity contribution in [1.82, 2.24) is 0 Å². The van der Waals surface area contributed by atoms with Crippen LogP contribution in [0.25, 0.3) is 0 Å². The van der Waals surface area contributed by atoms with Gasteiger partial charge in [0.15, 0.2) is 0 Å². The highest BCUT2D eigenvalue weighted by Crippen LogP contribution is 2.21. The van der Waals surface area contributed by atoms with Gasteiger partial charge in [-0.05, 0) is 0 Å². The second kappa shape index (κ2) is 5.25. The second-order valence-corrected chi connectivity index (χ2v) is 4.32. The Labute approximate surface area is 96.9 Å². The highest BCUT2D eigenvalue weighted by Gasteiger charge is 2.42. The molecule has 0 aromatic carbocycles. The number of rotatable bonds is 4. The molecule has 1 saturated heterocycles. The molecule has 1 N–H and O–H groups in total. The third kappa shape index (κ3) is 3.59. The molecule has 2 unspecified atom stereocenters. The van der Waals surface area contributed by atoms with Crippen LogP contribution < -0.4 is 5.11 Å². The Bertz CT molecular complexity index is 377. The van der Waals surface area contributed by atoms with Gasteiger partial charge in [0.1, 0.15) is 24.4 Å². The molecular formula is C7H10O9S-2. The number of methoxy groups -OCH3 is 1. The monoisotopic (exact) mass is 270 g/mol. The molecule has 1 heterocycles. The van der Waals surface area contributed by atoms with E-state index in [4.69, 9.17) is 4.74 Å². The number of carboxylic acids is 1. The molecule has 10 heteroatoms. The lowest BCUT2D eigenvalue weighted by Crippen LogP contribution is -2.60. The van der Waals surface area contributed by atoms with Crippen LogP contribution >= 0.6 is 0 Å². The number of carbonyl (C=O) groups is 1. The highest BCUT2D eigenvalue weighted by molar-refractivity contribution is 7.80. The minimum absolute atomic E-state index is 0.582. The zero-order valence-corrected chi connectivity index (χ0v) is 9.45. The van der Waals surface area contributed by atoms with Crippen LogP contribution in [0.5, 0.6) is 0 Å². The first-order valence-corrected chi connectivity index (χ1v) is 5.77. The molecule has 17 heavy (non-hydrogen) atoms. The molecule has 1 aliphatic rings. The van der Waals surface area contributed by atoms with Crippen LogP contribution in [-0.2, 0) is 28.9 Å². The second-order valence-electron chi connectivity index (χ2n) is 3.31. The Balaban J connectivity index is 2.80. The lowest BCUT2D eigenvalue weighted by atomic mass is 10.00. The molecule has 1 rings (SSSR count). The maximum Gasteiger partial charge on any atom is 0.218 e. The first-order chi connectivity index (χ1) is 7.76. The summed E-state index contributed by atoms with van der Waals surface area (Å²) in [5.74, 6) is -1.63. The van der Waals surface area contributed by atoms with Crippen molar-refractivity contribution in [2.75, 3.05) is 13.7 Å². The van der Waals surface area contributed by atoms with E-state index in [0.717, 1.165) is 7.11 Å². The Morgan fingerprint density at radius 2 is 2.12 bits per heavy atom. The summed E-state index contributed by atoms with van der Waals surface area (Å²) in [7, 11) is -3.95. The fourth-order valence-corrected chi connectivity index (χ4v) is 1.96. The number of aliphatic carboxylic acids is 1. The summed E-state index contributed by atoms with van der Waals surface area (Å²) in [6, 6.07) is 0. The van der Waals surface area contributed by atoms with Gasteiger partial charge in [-0.2, -0.15) is 0 Å². The SMILES string of the molecule is CO[C@@H]1C(C(=O)[O-])OCC(OS(=O)(=O)[O-])[C@@H]1O. The van der Waals surface area contributed by atoms with Gasteiger partial charge in [0.25, 0.3) is 0 Å². The zero-order chi connectivity index (χ0) is 13.2. The Kier molecular flexibility index (Phi) is 4.41. The standard InChI is InChI=1S/C7H12O9S/c1-14-5-4(8)3(16-17(11,12)13)2-15-6(5)7(9)10/h3-6,8H,2H2,1H3,(H,9,10)(H,11,12,13)/p-2/t3?,4-,5-,6?/m0/s1. The van der Waals surface area contributed by atoms with E-state index in [1.54, 1.807) is 0 Å². The van der Waals surface area contributed by atoms with Crippen molar-refractivity contribution in [1.29, 1.82) is 0 Å². The average Bonchev–Trinajstić information content (AvgIpc) is 2.18. The van der Waals surface area contributed by atoms with Crippen LogP contribution in [0.2, 0.25) is 0 Å². The summed E-state index contributed by atoms with van der Waals surface area (Å²) in [4.78, 5) is 10.6. The summed E-state index contributed by atoms with van der Waals surface area (Å²) in [5.41, 5.74) is 0. The molecule has 0 aromatic heterocycles. The minimum atomic E-state index is -5.03. The number of hydrogen-bond acceptors (Lipinski definition) is 9. The van der Waals surface area contributed by atoms with E-state index >= 15 is 0 Å². The van der Waals surface area contributed by atoms with E-state index in [1.165, 1.54) is 0 Å². The fourth-order valence-electron chi connectivity index (χ4n) is 1.48. The van der Waals surface area contributed by atoms with Crippen LogP contribution in [0, 0.1) is 0 Å². The van der Waals surface area contributed by atoms with Crippen molar-refractivity contribution in [3.63, 3.8) is 0 Å². The molecule has 1 fully saturated rings. The molecule has 0 aliphatic carbocycles. The highest BCUT2D eigenvalue weighted by atomic mass is 32.3. The smallest absolute Gasteiger partial charge is 0.218 e. The molecule has 100 valence electrons. The molecule has 0 bridgehead atoms. The molecule has 0 spiro atoms. The molecule has 4 atom stereocenters. The Morgan fingerprint density at radius 3 is 2.53 bits per heavy atom. The lowest BCUT2D eigenvalue weighted by Gasteiger charge is -2.39. The van der Waals surface area contributed by atoms with Gasteiger partial charge in [0.2, 0.25) is 10.4 Å². The number of carbonyl (C=O) groups excluding carboxylic acids is 1. The number of aliphatic hydroxyl groups is 1. The van der Waals surface area contributed by atoms with E-state index < -0.39 is 47.4 Å². The van der Waals surface area contributed by atoms with Gasteiger partial charge in [0, 0.05) is 7.11 Å². The van der Waals surface area contributed by atoms with Gasteiger partial charge in [-0.15, -0.1) is 0 Å². The van der Waals surface area contributed by atoms with Gasteiger partial charge < -0.3 is 29.0 Å². The van der Waals surface area contributed by atoms with Crippen molar-refractivity contribution in [2.45, 2.75) is 24.4 Å². The van der Waals surface area contributed by atoms with Crippen LogP contribution in [0.1, 0.15) is 0 Å². The van der Waals surface area contributed by atoms with Crippen LogP contribution in [0.4, 0.5) is 0 Å². The number of aliphatic hydroxyl groups excluding tert-OH is 1. The molecule has 0 radical (unpaired) electrons. The normalized spacial score (nSPS) is 34.5. The number of carboxylic acid groups (broad SMARTS) is 1. The number of ether oxygens (including phenoxy) is 2. The molecule has 1 aliphatic heterocycles. The van der Waals surface area contributed by atoms with E-state index in [2.05, 4.69) is 8.92 Å².